The largest absolute Gasteiger partial charge is 0.405 e. The summed E-state index contributed by atoms with van der Waals surface area (Å²) in [5.74, 6) is -1.39. The number of nitrogens with one attached hydrogen (secondary N) is 3. The van der Waals surface area contributed by atoms with Gasteiger partial charge in [-0.15, -0.1) is 11.3 Å². The highest BCUT2D eigenvalue weighted by molar-refractivity contribution is 7.07. The van der Waals surface area contributed by atoms with Crippen LogP contribution >= 0.6 is 11.3 Å². The van der Waals surface area contributed by atoms with E-state index >= 15 is 0 Å². The number of hydrogen-bond donors (Lipinski definition) is 3. The van der Waals surface area contributed by atoms with Crippen LogP contribution in [-0.4, -0.2) is 53.6 Å². The maximum atomic E-state index is 12.8. The maximum absolute atomic E-state index is 12.8. The molecule has 194 valence electrons. The molecule has 1 aromatic carbocycles. The molecule has 3 N–H and O–H groups in total. The fraction of sp³-hybridized carbons (Fsp3) is 0.391. The number of nitriles is 1. The summed E-state index contributed by atoms with van der Waals surface area (Å²) in [5, 5.41) is 16.8. The lowest BCUT2D eigenvalue weighted by Crippen LogP contribution is -2.37. The van der Waals surface area contributed by atoms with Crippen LogP contribution in [0.3, 0.4) is 0 Å². The molecule has 0 fully saturated rings. The van der Waals surface area contributed by atoms with Crippen LogP contribution in [0.2, 0.25) is 0 Å². The molecule has 0 bridgehead atoms. The number of aromatic nitrogens is 1. The zero-order valence-corrected chi connectivity index (χ0v) is 20.8. The van der Waals surface area contributed by atoms with Crippen LogP contribution in [0.5, 0.6) is 0 Å². The van der Waals surface area contributed by atoms with Gasteiger partial charge in [-0.3, -0.25) is 23.9 Å². The topological polar surface area (TPSA) is 119 Å². The first-order chi connectivity index (χ1) is 17.0. The Kier molecular flexibility index (Phi) is 10.2. The number of carbonyl (C=O) groups is 2. The summed E-state index contributed by atoms with van der Waals surface area (Å²) in [6.07, 6.45) is -3.26. The number of thiazole rings is 1. The number of halogens is 3. The van der Waals surface area contributed by atoms with Gasteiger partial charge in [0.05, 0.1) is 6.54 Å². The van der Waals surface area contributed by atoms with Crippen LogP contribution in [-0.2, 0) is 16.1 Å². The molecule has 1 heterocycles. The molecule has 0 saturated carbocycles. The highest BCUT2D eigenvalue weighted by Crippen LogP contribution is 2.15. The number of alkyl halides is 3. The molecule has 0 aliphatic rings. The highest BCUT2D eigenvalue weighted by atomic mass is 32.1. The molecule has 0 unspecified atom stereocenters. The van der Waals surface area contributed by atoms with E-state index in [9.17, 15) is 32.8 Å². The van der Waals surface area contributed by atoms with Gasteiger partial charge in [0.1, 0.15) is 21.8 Å². The molecule has 13 heteroatoms. The monoisotopic (exact) mass is 524 g/mol. The number of likely N-dealkylation sites (N-methyl/N-ethyl adjacent to an activating group) is 1. The van der Waals surface area contributed by atoms with Gasteiger partial charge in [0.2, 0.25) is 5.91 Å². The summed E-state index contributed by atoms with van der Waals surface area (Å²) >= 11 is 0.806. The molecule has 0 atom stereocenters. The van der Waals surface area contributed by atoms with E-state index in [-0.39, 0.29) is 28.2 Å². The van der Waals surface area contributed by atoms with Gasteiger partial charge in [0, 0.05) is 24.1 Å². The average Bonchev–Trinajstić information content (AvgIpc) is 3.14. The Morgan fingerprint density at radius 1 is 1.19 bits per heavy atom. The fourth-order valence-corrected chi connectivity index (χ4v) is 4.23. The van der Waals surface area contributed by atoms with E-state index in [4.69, 9.17) is 0 Å². The molecule has 0 spiro atoms. The third-order valence-corrected chi connectivity index (χ3v) is 6.13. The average molecular weight is 525 g/mol. The quantitative estimate of drug-likeness (QED) is 0.433. The van der Waals surface area contributed by atoms with E-state index in [1.807, 2.05) is 18.7 Å². The predicted molar refractivity (Wildman–Crippen MR) is 133 cm³/mol. The molecule has 0 aliphatic heterocycles. The van der Waals surface area contributed by atoms with Gasteiger partial charge in [-0.25, -0.2) is 0 Å². The van der Waals surface area contributed by atoms with Gasteiger partial charge in [0.15, 0.2) is 5.57 Å². The number of rotatable bonds is 10. The molecule has 36 heavy (non-hydrogen) atoms. The van der Waals surface area contributed by atoms with Gasteiger partial charge in [0.25, 0.3) is 11.5 Å². The number of anilines is 2. The molecule has 0 saturated heterocycles. The summed E-state index contributed by atoms with van der Waals surface area (Å²) < 4.78 is 38.6. The van der Waals surface area contributed by atoms with E-state index in [0.717, 1.165) is 29.0 Å². The van der Waals surface area contributed by atoms with Crippen molar-refractivity contribution in [2.24, 2.45) is 0 Å². The van der Waals surface area contributed by atoms with Crippen molar-refractivity contribution in [1.82, 2.24) is 14.8 Å². The normalized spacial score (nSPS) is 12.8. The Balaban J connectivity index is 2.32. The van der Waals surface area contributed by atoms with Gasteiger partial charge >= 0.3 is 6.18 Å². The number of benzene rings is 1. The minimum atomic E-state index is -4.64. The van der Waals surface area contributed by atoms with Crippen molar-refractivity contribution in [3.63, 3.8) is 0 Å². The smallest absolute Gasteiger partial charge is 0.360 e. The van der Waals surface area contributed by atoms with Crippen LogP contribution in [0.15, 0.2) is 29.1 Å². The minimum Gasteiger partial charge on any atom is -0.360 e. The Morgan fingerprint density at radius 2 is 1.86 bits per heavy atom. The molecule has 0 aliphatic carbocycles. The maximum Gasteiger partial charge on any atom is 0.405 e. The Labute approximate surface area is 209 Å². The van der Waals surface area contributed by atoms with E-state index in [0.29, 0.717) is 11.4 Å². The lowest BCUT2D eigenvalue weighted by Gasteiger charge is -2.17. The third-order valence-electron chi connectivity index (χ3n) is 5.00. The highest BCUT2D eigenvalue weighted by Gasteiger charge is 2.28. The van der Waals surface area contributed by atoms with Gasteiger partial charge in [-0.1, -0.05) is 19.9 Å². The van der Waals surface area contributed by atoms with Crippen molar-refractivity contribution in [3.8, 4) is 6.07 Å². The Bertz CT molecular complexity index is 1310. The zero-order valence-electron chi connectivity index (χ0n) is 20.0. The van der Waals surface area contributed by atoms with Crippen LogP contribution < -0.4 is 30.7 Å². The minimum absolute atomic E-state index is 0.0462. The summed E-state index contributed by atoms with van der Waals surface area (Å²) in [6, 6.07) is 8.40. The lowest BCUT2D eigenvalue weighted by molar-refractivity contribution is -0.135. The zero-order chi connectivity index (χ0) is 26.9. The standard InChI is InChI=1S/C23H27F3N6O3S/c1-4-31(5-2)13-19(33)30-16-9-7-8-15(10-16)28-12-18-21(35)32(6-3)22(36-18)17(11-27)20(34)29-14-23(24,25)26/h7-10,12,28H,4-6,13-14H2,1-3H3,(H,29,34)(H,30,33). The summed E-state index contributed by atoms with van der Waals surface area (Å²) in [5.41, 5.74) is 0.0103. The summed E-state index contributed by atoms with van der Waals surface area (Å²) in [7, 11) is 0. The lowest BCUT2D eigenvalue weighted by atomic mass is 10.2. The summed E-state index contributed by atoms with van der Waals surface area (Å²) in [6.45, 7) is 5.78. The molecule has 2 aromatic rings. The van der Waals surface area contributed by atoms with Crippen molar-refractivity contribution in [2.75, 3.05) is 36.8 Å². The Morgan fingerprint density at radius 3 is 2.44 bits per heavy atom. The van der Waals surface area contributed by atoms with Crippen LogP contribution in [0.1, 0.15) is 20.8 Å². The van der Waals surface area contributed by atoms with E-state index < -0.39 is 29.8 Å². The van der Waals surface area contributed by atoms with Gasteiger partial charge in [-0.05, 0) is 38.2 Å². The molecule has 2 rings (SSSR count). The van der Waals surface area contributed by atoms with E-state index in [1.165, 1.54) is 6.20 Å². The molecule has 0 radical (unpaired) electrons. The van der Waals surface area contributed by atoms with Crippen LogP contribution in [0, 0.1) is 11.3 Å². The molecule has 9 nitrogen and oxygen atoms in total. The second-order valence-corrected chi connectivity index (χ2v) is 8.52. The second kappa shape index (κ2) is 12.9. The van der Waals surface area contributed by atoms with Gasteiger partial charge in [-0.2, -0.15) is 18.4 Å². The number of nitrogens with zero attached hydrogens (tertiary/aromatic N) is 3. The van der Waals surface area contributed by atoms with E-state index in [1.54, 1.807) is 42.6 Å². The molecule has 2 amide bonds. The Hall–Kier alpha value is -3.63. The van der Waals surface area contributed by atoms with Gasteiger partial charge < -0.3 is 16.0 Å². The van der Waals surface area contributed by atoms with Crippen molar-refractivity contribution in [2.45, 2.75) is 33.5 Å². The predicted octanol–water partition coefficient (Wildman–Crippen LogP) is 1.41. The number of carbonyl (C=O) groups excluding carboxylic acids is 2. The van der Waals surface area contributed by atoms with Crippen LogP contribution in [0.25, 0.3) is 11.8 Å². The molecular weight excluding hydrogens is 497 g/mol. The van der Waals surface area contributed by atoms with Crippen molar-refractivity contribution in [3.05, 3.63) is 43.8 Å². The number of hydrogen-bond acceptors (Lipinski definition) is 7. The molecular formula is C23H27F3N6O3S. The fourth-order valence-electron chi connectivity index (χ4n) is 3.14. The number of amides is 2. The molecule has 1 aromatic heterocycles. The van der Waals surface area contributed by atoms with Crippen molar-refractivity contribution in [1.29, 1.82) is 5.26 Å². The first-order valence-corrected chi connectivity index (χ1v) is 11.9. The first-order valence-electron chi connectivity index (χ1n) is 11.1. The summed E-state index contributed by atoms with van der Waals surface area (Å²) in [4.78, 5) is 39.2. The first kappa shape index (κ1) is 28.6. The van der Waals surface area contributed by atoms with Crippen LogP contribution in [0.4, 0.5) is 24.5 Å². The third kappa shape index (κ3) is 7.96. The SMILES string of the molecule is CCN(CC)CC(=O)Nc1cccc(NC=c2sc(=C(C#N)C(=O)NCC(F)(F)F)n(CC)c2=O)c1. The van der Waals surface area contributed by atoms with Crippen molar-refractivity contribution < 1.29 is 22.8 Å². The van der Waals surface area contributed by atoms with E-state index in [2.05, 4.69) is 10.6 Å². The second-order valence-electron chi connectivity index (χ2n) is 7.48. The van der Waals surface area contributed by atoms with Crippen molar-refractivity contribution >= 4 is 46.3 Å².